The summed E-state index contributed by atoms with van der Waals surface area (Å²) in [5.74, 6) is 2.80. The number of benzene rings is 1. The molecular weight excluding hydrogens is 222 g/mol. The number of fused-ring (bicyclic) bond motifs is 2. The van der Waals surface area contributed by atoms with E-state index in [0.29, 0.717) is 18.4 Å². The lowest BCUT2D eigenvalue weighted by molar-refractivity contribution is 0.280. The first-order valence-corrected chi connectivity index (χ1v) is 6.95. The molecule has 1 aromatic rings. The molecule has 96 valence electrons. The van der Waals surface area contributed by atoms with Crippen molar-refractivity contribution >= 4 is 0 Å². The van der Waals surface area contributed by atoms with Crippen molar-refractivity contribution < 1.29 is 5.11 Å². The fourth-order valence-corrected chi connectivity index (χ4v) is 3.72. The Balaban J connectivity index is 1.76. The largest absolute Gasteiger partial charge is 0.395 e. The van der Waals surface area contributed by atoms with Crippen LogP contribution in [-0.2, 0) is 0 Å². The summed E-state index contributed by atoms with van der Waals surface area (Å²) in [5, 5.41) is 12.3. The monoisotopic (exact) mass is 243 g/mol. The van der Waals surface area contributed by atoms with Crippen molar-refractivity contribution in [3.05, 3.63) is 48.0 Å². The van der Waals surface area contributed by atoms with Crippen LogP contribution in [0, 0.1) is 17.8 Å². The molecule has 2 nitrogen and oxygen atoms in total. The minimum absolute atomic E-state index is 0.229. The fourth-order valence-electron chi connectivity index (χ4n) is 3.72. The molecular formula is C16H21NO. The highest BCUT2D eigenvalue weighted by Crippen LogP contribution is 2.52. The Kier molecular flexibility index (Phi) is 3.48. The van der Waals surface area contributed by atoms with Crippen LogP contribution in [0.2, 0.25) is 0 Å². The molecule has 1 saturated carbocycles. The van der Waals surface area contributed by atoms with E-state index in [1.165, 1.54) is 12.0 Å². The van der Waals surface area contributed by atoms with Gasteiger partial charge in [0.15, 0.2) is 0 Å². The van der Waals surface area contributed by atoms with Crippen LogP contribution < -0.4 is 5.32 Å². The van der Waals surface area contributed by atoms with E-state index in [1.54, 1.807) is 0 Å². The van der Waals surface area contributed by atoms with Crippen molar-refractivity contribution in [3.8, 4) is 0 Å². The molecule has 2 heteroatoms. The normalized spacial score (nSPS) is 33.2. The zero-order valence-corrected chi connectivity index (χ0v) is 10.6. The highest BCUT2D eigenvalue weighted by atomic mass is 16.3. The van der Waals surface area contributed by atoms with Gasteiger partial charge >= 0.3 is 0 Å². The van der Waals surface area contributed by atoms with Crippen LogP contribution in [0.15, 0.2) is 42.5 Å². The summed E-state index contributed by atoms with van der Waals surface area (Å²) in [7, 11) is 0. The van der Waals surface area contributed by atoms with E-state index in [1.807, 2.05) is 0 Å². The Labute approximate surface area is 109 Å². The minimum Gasteiger partial charge on any atom is -0.395 e. The first kappa shape index (κ1) is 11.9. The Hall–Kier alpha value is -1.12. The highest BCUT2D eigenvalue weighted by molar-refractivity contribution is 5.29. The maximum Gasteiger partial charge on any atom is 0.0555 e. The zero-order chi connectivity index (χ0) is 12.4. The molecule has 2 aliphatic rings. The second-order valence-corrected chi connectivity index (χ2v) is 5.48. The number of aliphatic hydroxyl groups is 1. The Morgan fingerprint density at radius 2 is 1.89 bits per heavy atom. The van der Waals surface area contributed by atoms with Crippen molar-refractivity contribution in [1.29, 1.82) is 0 Å². The summed E-state index contributed by atoms with van der Waals surface area (Å²) in [6.07, 6.45) is 6.12. The summed E-state index contributed by atoms with van der Waals surface area (Å²) in [6, 6.07) is 10.9. The molecule has 1 aromatic carbocycles. The van der Waals surface area contributed by atoms with E-state index in [9.17, 15) is 0 Å². The van der Waals surface area contributed by atoms with Gasteiger partial charge in [-0.25, -0.2) is 0 Å². The quantitative estimate of drug-likeness (QED) is 0.613. The number of aliphatic hydroxyl groups excluding tert-OH is 1. The third kappa shape index (κ3) is 2.11. The fraction of sp³-hybridized carbons (Fsp3) is 0.500. The van der Waals surface area contributed by atoms with Crippen LogP contribution in [0.1, 0.15) is 17.9 Å². The Morgan fingerprint density at radius 3 is 2.67 bits per heavy atom. The van der Waals surface area contributed by atoms with E-state index in [0.717, 1.165) is 18.4 Å². The molecule has 2 N–H and O–H groups in total. The molecule has 0 amide bonds. The van der Waals surface area contributed by atoms with Crippen LogP contribution in [0.5, 0.6) is 0 Å². The third-order valence-electron chi connectivity index (χ3n) is 4.48. The van der Waals surface area contributed by atoms with E-state index in [-0.39, 0.29) is 6.61 Å². The van der Waals surface area contributed by atoms with Gasteiger partial charge in [0.1, 0.15) is 0 Å². The van der Waals surface area contributed by atoms with Crippen molar-refractivity contribution in [1.82, 2.24) is 5.32 Å². The summed E-state index contributed by atoms with van der Waals surface area (Å²) in [6.45, 7) is 1.96. The number of rotatable bonds is 5. The lowest BCUT2D eigenvalue weighted by Gasteiger charge is -2.28. The topological polar surface area (TPSA) is 32.3 Å². The average Bonchev–Trinajstić information content (AvgIpc) is 3.01. The molecule has 18 heavy (non-hydrogen) atoms. The van der Waals surface area contributed by atoms with Gasteiger partial charge in [0.05, 0.1) is 6.61 Å². The van der Waals surface area contributed by atoms with Crippen LogP contribution in [-0.4, -0.2) is 24.8 Å². The van der Waals surface area contributed by atoms with Gasteiger partial charge in [-0.15, -0.1) is 0 Å². The molecule has 3 rings (SSSR count). The minimum atomic E-state index is 0.229. The summed E-state index contributed by atoms with van der Waals surface area (Å²) < 4.78 is 0. The SMILES string of the molecule is OCCNCC1C2C=CC(C2)C1c1ccccc1. The van der Waals surface area contributed by atoms with Crippen molar-refractivity contribution in [2.45, 2.75) is 12.3 Å². The molecule has 0 aliphatic heterocycles. The molecule has 2 aliphatic carbocycles. The summed E-state index contributed by atoms with van der Waals surface area (Å²) in [5.41, 5.74) is 1.48. The molecule has 4 atom stereocenters. The second kappa shape index (κ2) is 5.25. The lowest BCUT2D eigenvalue weighted by atomic mass is 9.78. The van der Waals surface area contributed by atoms with Crippen molar-refractivity contribution in [2.75, 3.05) is 19.7 Å². The number of hydrogen-bond donors (Lipinski definition) is 2. The number of allylic oxidation sites excluding steroid dienone is 2. The highest BCUT2D eigenvalue weighted by Gasteiger charge is 2.44. The molecule has 4 unspecified atom stereocenters. The van der Waals surface area contributed by atoms with Crippen LogP contribution in [0.25, 0.3) is 0 Å². The standard InChI is InChI=1S/C16H21NO/c18-9-8-17-11-15-13-6-7-14(10-13)16(15)12-4-2-1-3-5-12/h1-7,13-18H,8-11H2. The molecule has 1 fully saturated rings. The maximum absolute atomic E-state index is 8.88. The van der Waals surface area contributed by atoms with Gasteiger partial charge in [-0.3, -0.25) is 0 Å². The van der Waals surface area contributed by atoms with E-state index in [4.69, 9.17) is 5.11 Å². The van der Waals surface area contributed by atoms with Gasteiger partial charge < -0.3 is 10.4 Å². The average molecular weight is 243 g/mol. The van der Waals surface area contributed by atoms with Crippen molar-refractivity contribution in [2.24, 2.45) is 17.8 Å². The Morgan fingerprint density at radius 1 is 1.11 bits per heavy atom. The summed E-state index contributed by atoms with van der Waals surface area (Å²) in [4.78, 5) is 0. The molecule has 0 saturated heterocycles. The first-order chi connectivity index (χ1) is 8.90. The summed E-state index contributed by atoms with van der Waals surface area (Å²) >= 11 is 0. The number of nitrogens with one attached hydrogen (secondary N) is 1. The smallest absolute Gasteiger partial charge is 0.0555 e. The van der Waals surface area contributed by atoms with Crippen LogP contribution in [0.3, 0.4) is 0 Å². The maximum atomic E-state index is 8.88. The molecule has 0 heterocycles. The second-order valence-electron chi connectivity index (χ2n) is 5.48. The zero-order valence-electron chi connectivity index (χ0n) is 10.6. The van der Waals surface area contributed by atoms with Gasteiger partial charge in [0.25, 0.3) is 0 Å². The van der Waals surface area contributed by atoms with Gasteiger partial charge in [-0.1, -0.05) is 42.5 Å². The van der Waals surface area contributed by atoms with Crippen molar-refractivity contribution in [3.63, 3.8) is 0 Å². The molecule has 0 aromatic heterocycles. The van der Waals surface area contributed by atoms with Gasteiger partial charge in [0.2, 0.25) is 0 Å². The first-order valence-electron chi connectivity index (χ1n) is 6.95. The molecule has 2 bridgehead atoms. The molecule has 0 radical (unpaired) electrons. The van der Waals surface area contributed by atoms with Gasteiger partial charge in [-0.2, -0.15) is 0 Å². The Bertz CT molecular complexity index is 414. The lowest BCUT2D eigenvalue weighted by Crippen LogP contribution is -2.31. The van der Waals surface area contributed by atoms with Crippen LogP contribution in [0.4, 0.5) is 0 Å². The number of hydrogen-bond acceptors (Lipinski definition) is 2. The van der Waals surface area contributed by atoms with Gasteiger partial charge in [-0.05, 0) is 42.2 Å². The predicted molar refractivity (Wildman–Crippen MR) is 73.4 cm³/mol. The van der Waals surface area contributed by atoms with Crippen LogP contribution >= 0.6 is 0 Å². The predicted octanol–water partition coefficient (Wildman–Crippen LogP) is 2.17. The van der Waals surface area contributed by atoms with Gasteiger partial charge in [0, 0.05) is 6.54 Å². The molecule has 0 spiro atoms. The van der Waals surface area contributed by atoms with E-state index >= 15 is 0 Å². The third-order valence-corrected chi connectivity index (χ3v) is 4.48. The van der Waals surface area contributed by atoms with E-state index in [2.05, 4.69) is 47.8 Å². The van der Waals surface area contributed by atoms with E-state index < -0.39 is 0 Å².